The molecule has 5 aromatic rings. The van der Waals surface area contributed by atoms with Crippen molar-refractivity contribution in [1.29, 1.82) is 0 Å². The summed E-state index contributed by atoms with van der Waals surface area (Å²) in [5, 5.41) is 13.5. The molecular weight excluding hydrogens is 462 g/mol. The molecule has 0 bridgehead atoms. The lowest BCUT2D eigenvalue weighted by Crippen LogP contribution is -2.11. The summed E-state index contributed by atoms with van der Waals surface area (Å²) in [5.41, 5.74) is 11.6. The molecule has 6 nitrogen and oxygen atoms in total. The second-order valence-corrected chi connectivity index (χ2v) is 9.97. The summed E-state index contributed by atoms with van der Waals surface area (Å²) in [7, 11) is 0. The van der Waals surface area contributed by atoms with Gasteiger partial charge in [-0.15, -0.1) is 27.8 Å². The van der Waals surface area contributed by atoms with Crippen LogP contribution < -0.4 is 11.1 Å². The van der Waals surface area contributed by atoms with Crippen LogP contribution in [0.3, 0.4) is 0 Å². The van der Waals surface area contributed by atoms with Gasteiger partial charge in [-0.1, -0.05) is 41.6 Å². The van der Waals surface area contributed by atoms with Crippen molar-refractivity contribution < 1.29 is 4.79 Å². The van der Waals surface area contributed by atoms with Gasteiger partial charge in [0.25, 0.3) is 5.91 Å². The van der Waals surface area contributed by atoms with Gasteiger partial charge in [0.05, 0.1) is 27.3 Å². The SMILES string of the molecule is Cc1ccccc1CCn1cc(-c2ccc(C(=O)Nc3cc(-c4cccs4)ccc3N)s2)nn1. The zero-order valence-electron chi connectivity index (χ0n) is 18.6. The lowest BCUT2D eigenvalue weighted by Gasteiger charge is -2.09. The van der Waals surface area contributed by atoms with E-state index in [4.69, 9.17) is 5.73 Å². The number of benzene rings is 2. The summed E-state index contributed by atoms with van der Waals surface area (Å²) in [4.78, 5) is 15.5. The van der Waals surface area contributed by atoms with Crippen molar-refractivity contribution in [2.24, 2.45) is 0 Å². The van der Waals surface area contributed by atoms with Gasteiger partial charge in [-0.2, -0.15) is 0 Å². The van der Waals surface area contributed by atoms with Crippen LogP contribution >= 0.6 is 22.7 Å². The molecule has 5 rings (SSSR count). The number of hydrogen-bond acceptors (Lipinski definition) is 6. The summed E-state index contributed by atoms with van der Waals surface area (Å²) >= 11 is 3.03. The first-order chi connectivity index (χ1) is 16.6. The molecule has 0 aliphatic rings. The molecule has 3 N–H and O–H groups in total. The summed E-state index contributed by atoms with van der Waals surface area (Å²) in [6.45, 7) is 2.86. The van der Waals surface area contributed by atoms with Gasteiger partial charge in [-0.25, -0.2) is 0 Å². The van der Waals surface area contributed by atoms with E-state index in [1.807, 2.05) is 58.7 Å². The molecule has 3 aromatic heterocycles. The number of carbonyl (C=O) groups is 1. The van der Waals surface area contributed by atoms with Gasteiger partial charge >= 0.3 is 0 Å². The van der Waals surface area contributed by atoms with E-state index in [0.29, 0.717) is 16.3 Å². The number of thiophene rings is 2. The minimum Gasteiger partial charge on any atom is -0.397 e. The van der Waals surface area contributed by atoms with Crippen molar-refractivity contribution >= 4 is 40.0 Å². The van der Waals surface area contributed by atoms with Crippen LogP contribution in [0, 0.1) is 6.92 Å². The highest BCUT2D eigenvalue weighted by atomic mass is 32.1. The average molecular weight is 486 g/mol. The maximum atomic E-state index is 12.9. The predicted octanol–water partition coefficient (Wildman–Crippen LogP) is 6.12. The van der Waals surface area contributed by atoms with Gasteiger partial charge in [0.1, 0.15) is 5.69 Å². The van der Waals surface area contributed by atoms with E-state index >= 15 is 0 Å². The number of aryl methyl sites for hydroxylation is 3. The first kappa shape index (κ1) is 22.1. The average Bonchev–Trinajstić information content (AvgIpc) is 3.61. The fraction of sp³-hybridized carbons (Fsp3) is 0.115. The Morgan fingerprint density at radius 3 is 2.76 bits per heavy atom. The third-order valence-electron chi connectivity index (χ3n) is 5.60. The molecule has 0 aliphatic carbocycles. The molecule has 1 amide bonds. The van der Waals surface area contributed by atoms with E-state index in [9.17, 15) is 4.79 Å². The lowest BCUT2D eigenvalue weighted by atomic mass is 10.1. The summed E-state index contributed by atoms with van der Waals surface area (Å²) in [6, 6.07) is 21.8. The number of aromatic nitrogens is 3. The Kier molecular flexibility index (Phi) is 6.24. The van der Waals surface area contributed by atoms with Gasteiger partial charge in [0.15, 0.2) is 0 Å². The standard InChI is InChI=1S/C26H23N5OS2/c1-17-5-2-3-6-18(17)12-13-31-16-22(29-30-31)24-10-11-25(34-24)26(32)28-21-15-19(8-9-20(21)27)23-7-4-14-33-23/h2-11,14-16H,12-13,27H2,1H3,(H,28,32). The Morgan fingerprint density at radius 2 is 1.94 bits per heavy atom. The van der Waals surface area contributed by atoms with Crippen molar-refractivity contribution in [2.45, 2.75) is 19.9 Å². The molecule has 3 heterocycles. The maximum Gasteiger partial charge on any atom is 0.265 e. The number of nitrogen functional groups attached to an aromatic ring is 1. The van der Waals surface area contributed by atoms with Gasteiger partial charge < -0.3 is 11.1 Å². The van der Waals surface area contributed by atoms with Gasteiger partial charge in [-0.3, -0.25) is 9.48 Å². The Labute approximate surface area is 205 Å². The van der Waals surface area contributed by atoms with Crippen LogP contribution in [0.25, 0.3) is 21.0 Å². The van der Waals surface area contributed by atoms with Crippen LogP contribution in [-0.2, 0) is 13.0 Å². The zero-order valence-corrected chi connectivity index (χ0v) is 20.2. The zero-order chi connectivity index (χ0) is 23.5. The van der Waals surface area contributed by atoms with E-state index in [-0.39, 0.29) is 5.91 Å². The number of rotatable bonds is 7. The molecule has 0 saturated heterocycles. The van der Waals surface area contributed by atoms with Crippen LogP contribution in [-0.4, -0.2) is 20.9 Å². The molecule has 8 heteroatoms. The Bertz CT molecular complexity index is 1440. The highest BCUT2D eigenvalue weighted by Crippen LogP contribution is 2.32. The first-order valence-electron chi connectivity index (χ1n) is 10.9. The monoisotopic (exact) mass is 485 g/mol. The highest BCUT2D eigenvalue weighted by molar-refractivity contribution is 7.17. The lowest BCUT2D eigenvalue weighted by molar-refractivity contribution is 0.103. The smallest absolute Gasteiger partial charge is 0.265 e. The second-order valence-electron chi connectivity index (χ2n) is 7.94. The Morgan fingerprint density at radius 1 is 1.06 bits per heavy atom. The van der Waals surface area contributed by atoms with Crippen molar-refractivity contribution in [3.05, 3.63) is 94.3 Å². The summed E-state index contributed by atoms with van der Waals surface area (Å²) in [5.74, 6) is -0.196. The van der Waals surface area contributed by atoms with E-state index in [2.05, 4.69) is 40.8 Å². The number of nitrogens with one attached hydrogen (secondary N) is 1. The fourth-order valence-electron chi connectivity index (χ4n) is 3.69. The number of amides is 1. The number of carbonyl (C=O) groups excluding carboxylic acids is 1. The number of nitrogens with zero attached hydrogens (tertiary/aromatic N) is 3. The minimum atomic E-state index is -0.196. The van der Waals surface area contributed by atoms with Crippen LogP contribution in [0.15, 0.2) is 78.3 Å². The molecule has 34 heavy (non-hydrogen) atoms. The highest BCUT2D eigenvalue weighted by Gasteiger charge is 2.15. The van der Waals surface area contributed by atoms with E-state index < -0.39 is 0 Å². The van der Waals surface area contributed by atoms with Crippen LogP contribution in [0.5, 0.6) is 0 Å². The summed E-state index contributed by atoms with van der Waals surface area (Å²) < 4.78 is 1.85. The van der Waals surface area contributed by atoms with Gasteiger partial charge in [0, 0.05) is 11.4 Å². The number of nitrogens with two attached hydrogens (primary N) is 1. The molecule has 0 radical (unpaired) electrons. The maximum absolute atomic E-state index is 12.9. The van der Waals surface area contributed by atoms with Crippen molar-refractivity contribution in [3.63, 3.8) is 0 Å². The van der Waals surface area contributed by atoms with Crippen LogP contribution in [0.2, 0.25) is 0 Å². The van der Waals surface area contributed by atoms with Crippen LogP contribution in [0.1, 0.15) is 20.8 Å². The Balaban J connectivity index is 1.27. The molecule has 0 atom stereocenters. The summed E-state index contributed by atoms with van der Waals surface area (Å²) in [6.07, 6.45) is 2.81. The number of hydrogen-bond donors (Lipinski definition) is 2. The predicted molar refractivity (Wildman–Crippen MR) is 140 cm³/mol. The van der Waals surface area contributed by atoms with Gasteiger partial charge in [-0.05, 0) is 65.7 Å². The van der Waals surface area contributed by atoms with Crippen LogP contribution in [0.4, 0.5) is 11.4 Å². The molecular formula is C26H23N5OS2. The molecule has 170 valence electrons. The van der Waals surface area contributed by atoms with E-state index in [1.165, 1.54) is 22.5 Å². The van der Waals surface area contributed by atoms with Gasteiger partial charge in [0.2, 0.25) is 0 Å². The molecule has 0 saturated carbocycles. The fourth-order valence-corrected chi connectivity index (χ4v) is 5.26. The molecule has 0 aliphatic heterocycles. The normalized spacial score (nSPS) is 11.0. The van der Waals surface area contributed by atoms with E-state index in [0.717, 1.165) is 34.0 Å². The third-order valence-corrected chi connectivity index (χ3v) is 7.63. The van der Waals surface area contributed by atoms with Crippen molar-refractivity contribution in [3.8, 4) is 21.0 Å². The second kappa shape index (κ2) is 9.62. The molecule has 2 aromatic carbocycles. The molecule has 0 unspecified atom stereocenters. The third kappa shape index (κ3) is 4.78. The first-order valence-corrected chi connectivity index (χ1v) is 12.6. The van der Waals surface area contributed by atoms with Crippen molar-refractivity contribution in [1.82, 2.24) is 15.0 Å². The molecule has 0 spiro atoms. The quantitative estimate of drug-likeness (QED) is 0.272. The topological polar surface area (TPSA) is 85.8 Å². The molecule has 0 fully saturated rings. The number of anilines is 2. The largest absolute Gasteiger partial charge is 0.397 e. The van der Waals surface area contributed by atoms with E-state index in [1.54, 1.807) is 17.4 Å². The minimum absolute atomic E-state index is 0.196. The Hall–Kier alpha value is -3.75. The van der Waals surface area contributed by atoms with Crippen molar-refractivity contribution in [2.75, 3.05) is 11.1 Å².